The molecule has 120 valence electrons. The van der Waals surface area contributed by atoms with Crippen LogP contribution in [0.2, 0.25) is 0 Å². The third kappa shape index (κ3) is 4.50. The van der Waals surface area contributed by atoms with Crippen molar-refractivity contribution in [3.63, 3.8) is 0 Å². The van der Waals surface area contributed by atoms with E-state index in [2.05, 4.69) is 42.2 Å². The normalized spacial score (nSPS) is 22.5. The first-order valence-electron chi connectivity index (χ1n) is 8.04. The van der Waals surface area contributed by atoms with E-state index in [1.807, 2.05) is 12.1 Å². The maximum absolute atomic E-state index is 12.9. The van der Waals surface area contributed by atoms with Crippen molar-refractivity contribution >= 4 is 6.08 Å². The highest BCUT2D eigenvalue weighted by Crippen LogP contribution is 2.17. The number of hydrogen-bond acceptors (Lipinski definition) is 2. The summed E-state index contributed by atoms with van der Waals surface area (Å²) in [5.74, 6) is -0.209. The van der Waals surface area contributed by atoms with Crippen LogP contribution < -0.4 is 0 Å². The summed E-state index contributed by atoms with van der Waals surface area (Å²) in [5, 5.41) is 0. The zero-order valence-electron chi connectivity index (χ0n) is 13.4. The summed E-state index contributed by atoms with van der Waals surface area (Å²) in [6.07, 6.45) is 4.14. The largest absolute Gasteiger partial charge is 0.371 e. The van der Waals surface area contributed by atoms with Crippen LogP contribution in [0.4, 0.5) is 4.39 Å². The van der Waals surface area contributed by atoms with Crippen molar-refractivity contribution in [1.29, 1.82) is 0 Å². The molecule has 2 aromatic carbocycles. The lowest BCUT2D eigenvalue weighted by Crippen LogP contribution is -2.47. The van der Waals surface area contributed by atoms with Gasteiger partial charge < -0.3 is 4.74 Å². The fraction of sp³-hybridized carbons (Fsp3) is 0.300. The molecule has 2 nitrogen and oxygen atoms in total. The van der Waals surface area contributed by atoms with Crippen LogP contribution in [0.15, 0.2) is 60.7 Å². The summed E-state index contributed by atoms with van der Waals surface area (Å²) < 4.78 is 18.8. The molecule has 1 unspecified atom stereocenters. The summed E-state index contributed by atoms with van der Waals surface area (Å²) in [7, 11) is 0. The lowest BCUT2D eigenvalue weighted by molar-refractivity contribution is -0.0395. The Balaban J connectivity index is 1.62. The van der Waals surface area contributed by atoms with Gasteiger partial charge in [0.15, 0.2) is 0 Å². The Bertz CT molecular complexity index is 638. The van der Waals surface area contributed by atoms with Gasteiger partial charge in [0.1, 0.15) is 5.82 Å². The van der Waals surface area contributed by atoms with Crippen LogP contribution in [0.25, 0.3) is 6.08 Å². The van der Waals surface area contributed by atoms with Gasteiger partial charge in [-0.25, -0.2) is 4.39 Å². The fourth-order valence-corrected chi connectivity index (χ4v) is 2.78. The van der Waals surface area contributed by atoms with Gasteiger partial charge in [-0.2, -0.15) is 0 Å². The van der Waals surface area contributed by atoms with Crippen LogP contribution >= 0.6 is 0 Å². The molecule has 0 bridgehead atoms. The van der Waals surface area contributed by atoms with Crippen molar-refractivity contribution in [3.05, 3.63) is 77.6 Å². The zero-order valence-corrected chi connectivity index (χ0v) is 13.4. The highest BCUT2D eigenvalue weighted by molar-refractivity contribution is 5.49. The van der Waals surface area contributed by atoms with Crippen molar-refractivity contribution in [2.75, 3.05) is 13.2 Å². The van der Waals surface area contributed by atoms with E-state index < -0.39 is 0 Å². The van der Waals surface area contributed by atoms with Crippen molar-refractivity contribution < 1.29 is 9.13 Å². The molecule has 3 heteroatoms. The molecule has 2 atom stereocenters. The van der Waals surface area contributed by atoms with Crippen LogP contribution in [0.3, 0.4) is 0 Å². The van der Waals surface area contributed by atoms with Crippen molar-refractivity contribution in [2.24, 2.45) is 0 Å². The Labute approximate surface area is 137 Å². The monoisotopic (exact) mass is 311 g/mol. The molecular weight excluding hydrogens is 289 g/mol. The van der Waals surface area contributed by atoms with E-state index in [0.717, 1.165) is 25.3 Å². The average molecular weight is 311 g/mol. The third-order valence-corrected chi connectivity index (χ3v) is 4.19. The Hall–Kier alpha value is -1.97. The molecule has 0 saturated carbocycles. The highest BCUT2D eigenvalue weighted by Gasteiger charge is 2.24. The van der Waals surface area contributed by atoms with Gasteiger partial charge in [-0.05, 0) is 30.2 Å². The first-order valence-corrected chi connectivity index (χ1v) is 8.04. The van der Waals surface area contributed by atoms with Crippen LogP contribution in [0, 0.1) is 5.82 Å². The molecule has 1 saturated heterocycles. The molecule has 1 fully saturated rings. The third-order valence-electron chi connectivity index (χ3n) is 4.19. The van der Waals surface area contributed by atoms with Crippen molar-refractivity contribution in [2.45, 2.75) is 25.6 Å². The summed E-state index contributed by atoms with van der Waals surface area (Å²) in [6, 6.07) is 17.4. The quantitative estimate of drug-likeness (QED) is 0.842. The minimum absolute atomic E-state index is 0.0694. The molecule has 23 heavy (non-hydrogen) atoms. The van der Waals surface area contributed by atoms with Crippen LogP contribution in [-0.4, -0.2) is 30.2 Å². The van der Waals surface area contributed by atoms with Crippen molar-refractivity contribution in [3.8, 4) is 0 Å². The van der Waals surface area contributed by atoms with Gasteiger partial charge >= 0.3 is 0 Å². The van der Waals surface area contributed by atoms with Gasteiger partial charge in [0.2, 0.25) is 0 Å². The van der Waals surface area contributed by atoms with E-state index in [9.17, 15) is 4.39 Å². The molecule has 0 radical (unpaired) electrons. The molecular formula is C20H22FNO. The van der Waals surface area contributed by atoms with Gasteiger partial charge in [-0.3, -0.25) is 4.90 Å². The van der Waals surface area contributed by atoms with E-state index in [1.165, 1.54) is 17.7 Å². The molecule has 2 aromatic rings. The standard InChI is InChI=1S/C20H22FNO/c1-16-15-23-20(12-9-17-7-10-19(21)11-8-17)14-22(16)13-18-5-3-2-4-6-18/h2-12,16,20H,13-15H2,1H3/b12-9+/t16-,20?/m0/s1. The number of morpholine rings is 1. The zero-order chi connectivity index (χ0) is 16.1. The number of ether oxygens (including phenoxy) is 1. The summed E-state index contributed by atoms with van der Waals surface area (Å²) in [6.45, 7) is 4.73. The van der Waals surface area contributed by atoms with Crippen LogP contribution in [-0.2, 0) is 11.3 Å². The van der Waals surface area contributed by atoms with Gasteiger partial charge in [0, 0.05) is 19.1 Å². The van der Waals surface area contributed by atoms with Crippen LogP contribution in [0.5, 0.6) is 0 Å². The SMILES string of the molecule is C[C@H]1COC(/C=C/c2ccc(F)cc2)CN1Cc1ccccc1. The second-order valence-electron chi connectivity index (χ2n) is 6.05. The molecule has 0 aromatic heterocycles. The Kier molecular flexibility index (Phi) is 5.21. The number of nitrogens with zero attached hydrogens (tertiary/aromatic N) is 1. The van der Waals surface area contributed by atoms with Crippen LogP contribution in [0.1, 0.15) is 18.1 Å². The number of rotatable bonds is 4. The van der Waals surface area contributed by atoms with Crippen molar-refractivity contribution in [1.82, 2.24) is 4.90 Å². The molecule has 0 N–H and O–H groups in total. The number of halogens is 1. The summed E-state index contributed by atoms with van der Waals surface area (Å²) in [4.78, 5) is 2.44. The molecule has 0 amide bonds. The molecule has 0 aliphatic carbocycles. The maximum atomic E-state index is 12.9. The van der Waals surface area contributed by atoms with E-state index in [0.29, 0.717) is 6.04 Å². The smallest absolute Gasteiger partial charge is 0.123 e. The second kappa shape index (κ2) is 7.53. The molecule has 1 heterocycles. The van der Waals surface area contributed by atoms with E-state index >= 15 is 0 Å². The van der Waals surface area contributed by atoms with Gasteiger partial charge in [0.05, 0.1) is 12.7 Å². The second-order valence-corrected chi connectivity index (χ2v) is 6.05. The maximum Gasteiger partial charge on any atom is 0.123 e. The first kappa shape index (κ1) is 15.9. The predicted octanol–water partition coefficient (Wildman–Crippen LogP) is 4.13. The summed E-state index contributed by atoms with van der Waals surface area (Å²) in [5.41, 5.74) is 2.31. The van der Waals surface area contributed by atoms with E-state index in [1.54, 1.807) is 12.1 Å². The lowest BCUT2D eigenvalue weighted by atomic mass is 10.1. The molecule has 1 aliphatic rings. The minimum Gasteiger partial charge on any atom is -0.371 e. The Morgan fingerprint density at radius 1 is 1.13 bits per heavy atom. The summed E-state index contributed by atoms with van der Waals surface area (Å²) >= 11 is 0. The van der Waals surface area contributed by atoms with E-state index in [-0.39, 0.29) is 11.9 Å². The molecule has 1 aliphatic heterocycles. The molecule has 0 spiro atoms. The highest BCUT2D eigenvalue weighted by atomic mass is 19.1. The minimum atomic E-state index is -0.209. The average Bonchev–Trinajstić information content (AvgIpc) is 2.58. The van der Waals surface area contributed by atoms with Gasteiger partial charge in [-0.15, -0.1) is 0 Å². The predicted molar refractivity (Wildman–Crippen MR) is 91.5 cm³/mol. The topological polar surface area (TPSA) is 12.5 Å². The molecule has 3 rings (SSSR count). The van der Waals surface area contributed by atoms with E-state index in [4.69, 9.17) is 4.74 Å². The first-order chi connectivity index (χ1) is 11.2. The Morgan fingerprint density at radius 3 is 2.61 bits per heavy atom. The Morgan fingerprint density at radius 2 is 1.87 bits per heavy atom. The lowest BCUT2D eigenvalue weighted by Gasteiger charge is -2.37. The fourth-order valence-electron chi connectivity index (χ4n) is 2.78. The number of hydrogen-bond donors (Lipinski definition) is 0. The van der Waals surface area contributed by atoms with Gasteiger partial charge in [0.25, 0.3) is 0 Å². The number of benzene rings is 2. The van der Waals surface area contributed by atoms with Gasteiger partial charge in [-0.1, -0.05) is 54.6 Å².